The zero-order chi connectivity index (χ0) is 14.9. The molecular formula is C11H5F3N2O2S2. The number of nitriles is 1. The molecule has 9 heteroatoms. The van der Waals surface area contributed by atoms with E-state index in [2.05, 4.69) is 0 Å². The molecule has 1 aromatic heterocycles. The normalized spacial score (nSPS) is 11.1. The minimum atomic E-state index is -4.17. The molecule has 0 spiro atoms. The van der Waals surface area contributed by atoms with Crippen LogP contribution in [0, 0.1) is 28.8 Å². The zero-order valence-corrected chi connectivity index (χ0v) is 11.2. The summed E-state index contributed by atoms with van der Waals surface area (Å²) in [7, 11) is -4.17. The topological polar surface area (TPSA) is 70.0 Å². The van der Waals surface area contributed by atoms with Gasteiger partial charge in [0.1, 0.15) is 21.0 Å². The number of thiophene rings is 1. The van der Waals surface area contributed by atoms with E-state index in [0.717, 1.165) is 6.07 Å². The molecule has 0 amide bonds. The van der Waals surface area contributed by atoms with Gasteiger partial charge >= 0.3 is 0 Å². The van der Waals surface area contributed by atoms with Gasteiger partial charge in [-0.25, -0.2) is 21.6 Å². The van der Waals surface area contributed by atoms with E-state index >= 15 is 0 Å². The average molecular weight is 318 g/mol. The predicted octanol–water partition coefficient (Wildman–Crippen LogP) is 2.84. The van der Waals surface area contributed by atoms with Crippen molar-refractivity contribution in [1.29, 1.82) is 5.26 Å². The van der Waals surface area contributed by atoms with E-state index < -0.39 is 33.2 Å². The lowest BCUT2D eigenvalue weighted by molar-refractivity contribution is 0.496. The van der Waals surface area contributed by atoms with E-state index in [1.165, 1.54) is 6.07 Å². The molecular weight excluding hydrogens is 313 g/mol. The van der Waals surface area contributed by atoms with E-state index in [9.17, 15) is 21.6 Å². The lowest BCUT2D eigenvalue weighted by atomic mass is 10.3. The van der Waals surface area contributed by atoms with Crippen molar-refractivity contribution < 1.29 is 21.6 Å². The van der Waals surface area contributed by atoms with Crippen LogP contribution in [-0.2, 0) is 10.0 Å². The first-order valence-electron chi connectivity index (χ1n) is 5.01. The summed E-state index contributed by atoms with van der Waals surface area (Å²) in [5.74, 6) is -4.05. The molecule has 104 valence electrons. The standard InChI is InChI=1S/C11H5F3N2O2S2/c12-7-3-9(14)10(4-8(7)13)16-20(17,18)11-2-1-6(5-15)19-11/h1-4,16H. The number of benzene rings is 1. The summed E-state index contributed by atoms with van der Waals surface area (Å²) >= 11 is 0.670. The van der Waals surface area contributed by atoms with Gasteiger partial charge in [-0.15, -0.1) is 11.3 Å². The minimum Gasteiger partial charge on any atom is -0.276 e. The molecule has 0 aliphatic carbocycles. The maximum atomic E-state index is 13.4. The molecule has 0 fully saturated rings. The summed E-state index contributed by atoms with van der Waals surface area (Å²) < 4.78 is 64.4. The van der Waals surface area contributed by atoms with Crippen molar-refractivity contribution in [2.45, 2.75) is 4.21 Å². The molecule has 20 heavy (non-hydrogen) atoms. The molecule has 0 aliphatic rings. The maximum Gasteiger partial charge on any atom is 0.271 e. The van der Waals surface area contributed by atoms with Gasteiger partial charge in [-0.05, 0) is 12.1 Å². The van der Waals surface area contributed by atoms with Gasteiger partial charge in [0.2, 0.25) is 0 Å². The second-order valence-corrected chi connectivity index (χ2v) is 6.58. The van der Waals surface area contributed by atoms with Gasteiger partial charge < -0.3 is 0 Å². The molecule has 1 N–H and O–H groups in total. The van der Waals surface area contributed by atoms with Gasteiger partial charge in [-0.1, -0.05) is 0 Å². The highest BCUT2D eigenvalue weighted by Crippen LogP contribution is 2.25. The Morgan fingerprint density at radius 2 is 1.75 bits per heavy atom. The third kappa shape index (κ3) is 2.76. The van der Waals surface area contributed by atoms with Gasteiger partial charge in [0, 0.05) is 12.1 Å². The first-order chi connectivity index (χ1) is 9.33. The predicted molar refractivity (Wildman–Crippen MR) is 66.2 cm³/mol. The summed E-state index contributed by atoms with van der Waals surface area (Å²) in [5, 5.41) is 8.61. The van der Waals surface area contributed by atoms with Gasteiger partial charge in [0.05, 0.1) is 5.69 Å². The number of hydrogen-bond acceptors (Lipinski definition) is 4. The van der Waals surface area contributed by atoms with Crippen molar-refractivity contribution in [1.82, 2.24) is 0 Å². The zero-order valence-electron chi connectivity index (χ0n) is 9.52. The van der Waals surface area contributed by atoms with Crippen molar-refractivity contribution in [3.8, 4) is 6.07 Å². The lowest BCUT2D eigenvalue weighted by Crippen LogP contribution is -2.13. The smallest absolute Gasteiger partial charge is 0.271 e. The van der Waals surface area contributed by atoms with Gasteiger partial charge in [0.15, 0.2) is 11.6 Å². The third-order valence-electron chi connectivity index (χ3n) is 2.21. The molecule has 4 nitrogen and oxygen atoms in total. The summed E-state index contributed by atoms with van der Waals surface area (Å²) in [4.78, 5) is 0.149. The molecule has 1 heterocycles. The fourth-order valence-corrected chi connectivity index (χ4v) is 3.48. The van der Waals surface area contributed by atoms with Crippen molar-refractivity contribution in [3.05, 3.63) is 46.6 Å². The van der Waals surface area contributed by atoms with Gasteiger partial charge in [-0.2, -0.15) is 5.26 Å². The molecule has 0 radical (unpaired) electrons. The average Bonchev–Trinajstić information content (AvgIpc) is 2.85. The fourth-order valence-electron chi connectivity index (χ4n) is 1.32. The van der Waals surface area contributed by atoms with Crippen molar-refractivity contribution >= 4 is 27.0 Å². The Morgan fingerprint density at radius 3 is 2.35 bits per heavy atom. The van der Waals surface area contributed by atoms with Gasteiger partial charge in [0.25, 0.3) is 10.0 Å². The molecule has 0 bridgehead atoms. The van der Waals surface area contributed by atoms with Crippen LogP contribution in [0.25, 0.3) is 0 Å². The number of rotatable bonds is 3. The fraction of sp³-hybridized carbons (Fsp3) is 0. The molecule has 0 atom stereocenters. The Labute approximate surface area is 116 Å². The number of nitrogens with one attached hydrogen (secondary N) is 1. The van der Waals surface area contributed by atoms with Crippen molar-refractivity contribution in [2.24, 2.45) is 0 Å². The number of hydrogen-bond donors (Lipinski definition) is 1. The largest absolute Gasteiger partial charge is 0.276 e. The van der Waals surface area contributed by atoms with Crippen LogP contribution in [0.1, 0.15) is 4.88 Å². The van der Waals surface area contributed by atoms with Crippen molar-refractivity contribution in [2.75, 3.05) is 4.72 Å². The van der Waals surface area contributed by atoms with E-state index in [1.807, 2.05) is 0 Å². The summed E-state index contributed by atoms with van der Waals surface area (Å²) in [6, 6.07) is 4.83. The minimum absolute atomic E-state index is 0.149. The van der Waals surface area contributed by atoms with E-state index in [1.54, 1.807) is 10.8 Å². The summed E-state index contributed by atoms with van der Waals surface area (Å²) in [5.41, 5.74) is -0.712. The van der Waals surface area contributed by atoms with Crippen LogP contribution in [0.15, 0.2) is 28.5 Å². The molecule has 0 unspecified atom stereocenters. The summed E-state index contributed by atoms with van der Waals surface area (Å²) in [6.45, 7) is 0. The van der Waals surface area contributed by atoms with Crippen LogP contribution < -0.4 is 4.72 Å². The first-order valence-corrected chi connectivity index (χ1v) is 7.31. The van der Waals surface area contributed by atoms with Crippen LogP contribution in [0.4, 0.5) is 18.9 Å². The van der Waals surface area contributed by atoms with Crippen LogP contribution in [-0.4, -0.2) is 8.42 Å². The molecule has 0 saturated heterocycles. The molecule has 0 saturated carbocycles. The monoisotopic (exact) mass is 318 g/mol. The number of halogens is 3. The Kier molecular flexibility index (Phi) is 3.69. The van der Waals surface area contributed by atoms with Crippen molar-refractivity contribution in [3.63, 3.8) is 0 Å². The first kappa shape index (κ1) is 14.4. The summed E-state index contributed by atoms with van der Waals surface area (Å²) in [6.07, 6.45) is 0. The Hall–Kier alpha value is -2.05. The SMILES string of the molecule is N#Cc1ccc(S(=O)(=O)Nc2cc(F)c(F)cc2F)s1. The van der Waals surface area contributed by atoms with Crippen LogP contribution in [0.5, 0.6) is 0 Å². The molecule has 1 aromatic carbocycles. The van der Waals surface area contributed by atoms with Crippen LogP contribution in [0.2, 0.25) is 0 Å². The van der Waals surface area contributed by atoms with Crippen LogP contribution >= 0.6 is 11.3 Å². The third-order valence-corrected chi connectivity index (χ3v) is 5.06. The number of sulfonamides is 1. The highest BCUT2D eigenvalue weighted by molar-refractivity contribution is 7.94. The lowest BCUT2D eigenvalue weighted by Gasteiger charge is -2.07. The maximum absolute atomic E-state index is 13.4. The van der Waals surface area contributed by atoms with E-state index in [4.69, 9.17) is 5.26 Å². The highest BCUT2D eigenvalue weighted by Gasteiger charge is 2.20. The van der Waals surface area contributed by atoms with Gasteiger partial charge in [-0.3, -0.25) is 4.72 Å². The Bertz CT molecular complexity index is 810. The second kappa shape index (κ2) is 5.15. The highest BCUT2D eigenvalue weighted by atomic mass is 32.2. The number of nitrogens with zero attached hydrogens (tertiary/aromatic N) is 1. The van der Waals surface area contributed by atoms with Crippen LogP contribution in [0.3, 0.4) is 0 Å². The quantitative estimate of drug-likeness (QED) is 0.885. The number of anilines is 1. The molecule has 2 rings (SSSR count). The second-order valence-electron chi connectivity index (χ2n) is 3.58. The van der Waals surface area contributed by atoms with E-state index in [-0.39, 0.29) is 15.2 Å². The van der Waals surface area contributed by atoms with E-state index in [0.29, 0.717) is 17.4 Å². The molecule has 2 aromatic rings. The molecule has 0 aliphatic heterocycles. The Balaban J connectivity index is 2.38. The Morgan fingerprint density at radius 1 is 1.10 bits per heavy atom.